The van der Waals surface area contributed by atoms with Crippen LogP contribution in [0.15, 0.2) is 89.6 Å². The van der Waals surface area contributed by atoms with E-state index in [4.69, 9.17) is 36.5 Å². The van der Waals surface area contributed by atoms with Gasteiger partial charge < -0.3 is 40.8 Å². The summed E-state index contributed by atoms with van der Waals surface area (Å²) in [4.78, 5) is 83.1. The molecule has 18 nitrogen and oxygen atoms in total. The normalized spacial score (nSPS) is 19.6. The van der Waals surface area contributed by atoms with Crippen LogP contribution in [0.1, 0.15) is 129 Å². The number of hydrogen-bond acceptors (Lipinski definition) is 15. The topological polar surface area (TPSA) is 234 Å². The predicted molar refractivity (Wildman–Crippen MR) is 317 cm³/mol. The highest BCUT2D eigenvalue weighted by Crippen LogP contribution is 2.40. The largest absolute Gasteiger partial charge is 0.490 e. The lowest BCUT2D eigenvalue weighted by Crippen LogP contribution is -2.58. The molecule has 0 unspecified atom stereocenters. The molecule has 3 aromatic heterocycles. The average Bonchev–Trinajstić information content (AvgIpc) is 4.19. The second kappa shape index (κ2) is 24.3. The minimum absolute atomic E-state index is 0.0228. The lowest BCUT2D eigenvalue weighted by molar-refractivity contribution is -0.152. The van der Waals surface area contributed by atoms with Gasteiger partial charge in [0.05, 0.1) is 40.8 Å². The number of ether oxygens (including phenoxy) is 3. The van der Waals surface area contributed by atoms with Crippen LogP contribution in [0.2, 0.25) is 5.02 Å². The van der Waals surface area contributed by atoms with Gasteiger partial charge in [0, 0.05) is 46.3 Å². The van der Waals surface area contributed by atoms with Crippen molar-refractivity contribution in [1.82, 2.24) is 40.6 Å². The van der Waals surface area contributed by atoms with Gasteiger partial charge in [-0.05, 0) is 105 Å². The van der Waals surface area contributed by atoms with Gasteiger partial charge in [0.25, 0.3) is 5.91 Å². The zero-order chi connectivity index (χ0) is 59.1. The van der Waals surface area contributed by atoms with Crippen molar-refractivity contribution in [1.29, 1.82) is 0 Å². The Kier molecular flexibility index (Phi) is 17.6. The number of fused-ring (bicyclic) bond motifs is 3. The summed E-state index contributed by atoms with van der Waals surface area (Å²) in [5.41, 5.74) is 14.3. The number of carbonyl (C=O) groups excluding carboxylic acids is 5. The van der Waals surface area contributed by atoms with E-state index in [1.54, 1.807) is 81.0 Å². The highest BCUT2D eigenvalue weighted by Gasteiger charge is 2.47. The first-order valence-corrected chi connectivity index (χ1v) is 29.6. The Balaban J connectivity index is 0.805. The number of aromatic nitrogens is 4. The number of thiazole rings is 1. The molecular formula is C61H71ClN10O8S2. The molecule has 2 aliphatic heterocycles. The Bertz CT molecular complexity index is 3450. The van der Waals surface area contributed by atoms with E-state index in [2.05, 4.69) is 51.6 Å². The fourth-order valence-electron chi connectivity index (χ4n) is 10.4. The lowest BCUT2D eigenvalue weighted by Gasteiger charge is -2.36. The quantitative estimate of drug-likeness (QED) is 0.0358. The number of halogens is 1. The molecule has 1 saturated carbocycles. The molecule has 0 radical (unpaired) electrons. The van der Waals surface area contributed by atoms with Gasteiger partial charge in [0.1, 0.15) is 58.7 Å². The van der Waals surface area contributed by atoms with Crippen LogP contribution in [0.4, 0.5) is 0 Å². The number of carbonyl (C=O) groups is 5. The molecule has 0 bridgehead atoms. The summed E-state index contributed by atoms with van der Waals surface area (Å²) >= 11 is 9.50. The second-order valence-electron chi connectivity index (χ2n) is 23.0. The van der Waals surface area contributed by atoms with Crippen LogP contribution >= 0.6 is 34.3 Å². The number of benzene rings is 3. The molecule has 1 aliphatic carbocycles. The van der Waals surface area contributed by atoms with Crippen LogP contribution in [0.3, 0.4) is 0 Å². The fourth-order valence-corrected chi connectivity index (χ4v) is 12.5. The van der Waals surface area contributed by atoms with Crippen molar-refractivity contribution >= 4 is 69.6 Å². The minimum atomic E-state index is -1.16. The number of rotatable bonds is 18. The number of aryl methyl sites for hydroxylation is 4. The molecule has 5 N–H and O–H groups in total. The molecule has 6 aromatic rings. The molecule has 3 aliphatic rings. The first-order valence-electron chi connectivity index (χ1n) is 27.5. The molecule has 9 rings (SSSR count). The van der Waals surface area contributed by atoms with Gasteiger partial charge in [-0.25, -0.2) is 4.98 Å². The zero-order valence-corrected chi connectivity index (χ0v) is 50.5. The van der Waals surface area contributed by atoms with E-state index in [9.17, 15) is 24.0 Å². The number of aliphatic imine (C=N–C) groups is 1. The maximum atomic E-state index is 14.8. The SMILES string of the molecule is C=C(Oc1ccc(O[C@H]2C[C@@H](NC(=O)C[C@@H]3N=C(c4ccc(Cl)cc4)c4c(sc(C)c4C)-n4c(C)nnc43)C2)cc1C)C(=O)N[C@H](C(=O)N1C[C@H](OC(=O)[C@@H](N)C(C)C)C[C@H]1C(=O)N[C@@H](C)c1ccc(-c2scnc2C)cc1)C(C)(C)C. The monoisotopic (exact) mass is 1170 g/mol. The van der Waals surface area contributed by atoms with Gasteiger partial charge in [-0.15, -0.1) is 32.9 Å². The van der Waals surface area contributed by atoms with Crippen molar-refractivity contribution in [3.05, 3.63) is 140 Å². The maximum Gasteiger partial charge on any atom is 0.323 e. The third-order valence-corrected chi connectivity index (χ3v) is 17.8. The highest BCUT2D eigenvalue weighted by atomic mass is 35.5. The van der Waals surface area contributed by atoms with Crippen molar-refractivity contribution < 1.29 is 38.2 Å². The van der Waals surface area contributed by atoms with Gasteiger partial charge in [-0.1, -0.05) is 89.2 Å². The Morgan fingerprint density at radius 1 is 0.890 bits per heavy atom. The Morgan fingerprint density at radius 3 is 2.23 bits per heavy atom. The number of nitrogens with zero attached hydrogens (tertiary/aromatic N) is 6. The van der Waals surface area contributed by atoms with E-state index in [-0.39, 0.29) is 49.1 Å². The van der Waals surface area contributed by atoms with Crippen LogP contribution in [-0.4, -0.2) is 103 Å². The van der Waals surface area contributed by atoms with E-state index < -0.39 is 65.4 Å². The molecule has 3 aromatic carbocycles. The first kappa shape index (κ1) is 59.4. The van der Waals surface area contributed by atoms with Gasteiger partial charge in [0.15, 0.2) is 11.6 Å². The summed E-state index contributed by atoms with van der Waals surface area (Å²) in [5, 5.41) is 19.6. The summed E-state index contributed by atoms with van der Waals surface area (Å²) in [6.45, 7) is 24.5. The molecule has 21 heteroatoms. The minimum Gasteiger partial charge on any atom is -0.490 e. The van der Waals surface area contributed by atoms with Crippen LogP contribution in [-0.2, 0) is 28.7 Å². The Morgan fingerprint density at radius 2 is 1.59 bits per heavy atom. The number of hydrogen-bond donors (Lipinski definition) is 4. The Labute approximate surface area is 491 Å². The number of nitrogens with one attached hydrogen (secondary N) is 3. The number of esters is 1. The van der Waals surface area contributed by atoms with Crippen LogP contribution < -0.4 is 31.2 Å². The summed E-state index contributed by atoms with van der Waals surface area (Å²) in [7, 11) is 0. The van der Waals surface area contributed by atoms with E-state index in [1.807, 2.05) is 80.8 Å². The van der Waals surface area contributed by atoms with E-state index >= 15 is 0 Å². The first-order chi connectivity index (χ1) is 38.8. The van der Waals surface area contributed by atoms with E-state index in [1.165, 1.54) is 4.90 Å². The number of amides is 4. The lowest BCUT2D eigenvalue weighted by atomic mass is 9.85. The smallest absolute Gasteiger partial charge is 0.323 e. The van der Waals surface area contributed by atoms with Crippen LogP contribution in [0.25, 0.3) is 15.4 Å². The number of likely N-dealkylation sites (tertiary alicyclic amines) is 1. The fraction of sp³-hybridized carbons (Fsp3) is 0.426. The average molecular weight is 1170 g/mol. The van der Waals surface area contributed by atoms with Crippen LogP contribution in [0, 0.1) is 46.0 Å². The molecule has 2 fully saturated rings. The van der Waals surface area contributed by atoms with Crippen molar-refractivity contribution in [3.8, 4) is 26.9 Å². The van der Waals surface area contributed by atoms with Crippen molar-refractivity contribution in [2.75, 3.05) is 6.54 Å². The van der Waals surface area contributed by atoms with Gasteiger partial charge in [0.2, 0.25) is 17.7 Å². The third kappa shape index (κ3) is 12.8. The Hall–Kier alpha value is -7.26. The molecule has 5 heterocycles. The van der Waals surface area contributed by atoms with Gasteiger partial charge in [-0.2, -0.15) is 0 Å². The van der Waals surface area contributed by atoms with Crippen molar-refractivity contribution in [2.45, 2.75) is 150 Å². The third-order valence-electron chi connectivity index (χ3n) is 15.4. The van der Waals surface area contributed by atoms with Crippen molar-refractivity contribution in [3.63, 3.8) is 0 Å². The summed E-state index contributed by atoms with van der Waals surface area (Å²) in [6.07, 6.45) is 0.273. The van der Waals surface area contributed by atoms with Gasteiger partial charge >= 0.3 is 5.97 Å². The summed E-state index contributed by atoms with van der Waals surface area (Å²) in [6, 6.07) is 16.4. The molecule has 1 saturated heterocycles. The number of thiophene rings is 1. The molecular weight excluding hydrogens is 1100 g/mol. The summed E-state index contributed by atoms with van der Waals surface area (Å²) in [5.74, 6) is -0.740. The molecule has 6 atom stereocenters. The van der Waals surface area contributed by atoms with Crippen LogP contribution in [0.5, 0.6) is 11.5 Å². The molecule has 82 heavy (non-hydrogen) atoms. The van der Waals surface area contributed by atoms with E-state index in [0.717, 1.165) is 54.0 Å². The highest BCUT2D eigenvalue weighted by molar-refractivity contribution is 7.15. The molecule has 0 spiro atoms. The van der Waals surface area contributed by atoms with Crippen molar-refractivity contribution in [2.24, 2.45) is 22.1 Å². The second-order valence-corrected chi connectivity index (χ2v) is 25.5. The predicted octanol–water partition coefficient (Wildman–Crippen LogP) is 9.45. The zero-order valence-electron chi connectivity index (χ0n) is 48.1. The van der Waals surface area contributed by atoms with Gasteiger partial charge in [-0.3, -0.25) is 33.5 Å². The molecule has 432 valence electrons. The van der Waals surface area contributed by atoms with E-state index in [0.29, 0.717) is 46.6 Å². The summed E-state index contributed by atoms with van der Waals surface area (Å²) < 4.78 is 20.2. The number of nitrogens with two attached hydrogens (primary N) is 1. The maximum absolute atomic E-state index is 14.8. The molecule has 4 amide bonds. The standard InChI is InChI=1S/C61H71ClN10O8S2/c1-30(2)51(63)60(77)80-45-26-47(57(75)65-33(5)38-13-15-40(16-14-38)53-34(6)64-29-81-53)71(28-45)58(76)54(61(10,11)12)68-56(74)35(7)78-48-22-21-43(23-31(48)3)79-44-24-42(25-44)66-49(73)27-46-55-70-69-37(9)72(55)59-50(32(4)36(8)82-59)52(67-46)39-17-19-41(62)20-18-39/h13-23,29-30,33,42,44-47,51,54H,7,24-28,63H2,1-6,8-12H3,(H,65,75)(H,66,73)(H,68,74)/t33-,42-,44+,45+,46-,47-,51-,54+/m0/s1.